The van der Waals surface area contributed by atoms with Gasteiger partial charge in [0.15, 0.2) is 0 Å². The van der Waals surface area contributed by atoms with Crippen molar-refractivity contribution < 1.29 is 4.79 Å². The second-order valence-electron chi connectivity index (χ2n) is 3.87. The van der Waals surface area contributed by atoms with Crippen LogP contribution in [0.15, 0.2) is 36.5 Å². The minimum absolute atomic E-state index is 0.203. The molecule has 0 unspecified atom stereocenters. The smallest absolute Gasteiger partial charge is 0.272 e. The molecule has 0 aliphatic heterocycles. The van der Waals surface area contributed by atoms with Crippen LogP contribution in [0.2, 0.25) is 5.02 Å². The highest BCUT2D eigenvalue weighted by Gasteiger charge is 2.10. The van der Waals surface area contributed by atoms with Crippen molar-refractivity contribution in [3.8, 4) is 0 Å². The number of halogens is 1. The largest absolute Gasteiger partial charge is 0.356 e. The first kappa shape index (κ1) is 12.7. The fraction of sp³-hybridized carbons (Fsp3) is 0.154. The summed E-state index contributed by atoms with van der Waals surface area (Å²) in [7, 11) is 1.86. The van der Waals surface area contributed by atoms with Crippen LogP contribution in [0.4, 0.5) is 5.69 Å². The molecule has 5 heteroatoms. The Labute approximate surface area is 110 Å². The molecule has 0 atom stereocenters. The van der Waals surface area contributed by atoms with Crippen LogP contribution in [0.5, 0.6) is 0 Å². The van der Waals surface area contributed by atoms with Gasteiger partial charge in [-0.1, -0.05) is 29.8 Å². The summed E-state index contributed by atoms with van der Waals surface area (Å²) in [5.41, 5.74) is 2.27. The van der Waals surface area contributed by atoms with Crippen LogP contribution in [0.1, 0.15) is 16.1 Å². The predicted octanol–water partition coefficient (Wildman–Crippen LogP) is 2.64. The number of hydrogen-bond acceptors (Lipinski definition) is 2. The number of carbonyl (C=O) groups excluding carboxylic acids is 1. The summed E-state index contributed by atoms with van der Waals surface area (Å²) >= 11 is 5.77. The molecule has 4 nitrogen and oxygen atoms in total. The number of hydrogen-bond donors (Lipinski definition) is 3. The third kappa shape index (κ3) is 2.91. The molecule has 0 aliphatic rings. The van der Waals surface area contributed by atoms with Crippen LogP contribution in [0, 0.1) is 0 Å². The van der Waals surface area contributed by atoms with Crippen LogP contribution < -0.4 is 10.6 Å². The third-order valence-corrected chi connectivity index (χ3v) is 2.74. The number of amides is 1. The van der Waals surface area contributed by atoms with Gasteiger partial charge in [0.1, 0.15) is 5.69 Å². The van der Waals surface area contributed by atoms with E-state index in [-0.39, 0.29) is 5.91 Å². The van der Waals surface area contributed by atoms with Crippen molar-refractivity contribution in [3.05, 3.63) is 52.8 Å². The zero-order valence-corrected chi connectivity index (χ0v) is 10.7. The Morgan fingerprint density at radius 1 is 1.39 bits per heavy atom. The van der Waals surface area contributed by atoms with Crippen LogP contribution in [-0.4, -0.2) is 17.9 Å². The number of para-hydroxylation sites is 1. The lowest BCUT2D eigenvalue weighted by atomic mass is 10.1. The number of anilines is 1. The molecule has 18 heavy (non-hydrogen) atoms. The van der Waals surface area contributed by atoms with Crippen molar-refractivity contribution in [1.29, 1.82) is 0 Å². The van der Waals surface area contributed by atoms with Gasteiger partial charge in [0.05, 0.1) is 5.02 Å². The summed E-state index contributed by atoms with van der Waals surface area (Å²) in [5, 5.41) is 6.43. The lowest BCUT2D eigenvalue weighted by Gasteiger charge is -2.09. The van der Waals surface area contributed by atoms with Crippen molar-refractivity contribution in [2.75, 3.05) is 12.4 Å². The van der Waals surface area contributed by atoms with Crippen LogP contribution >= 0.6 is 11.6 Å². The average molecular weight is 264 g/mol. The van der Waals surface area contributed by atoms with E-state index in [2.05, 4.69) is 15.6 Å². The molecule has 2 aromatic rings. The molecule has 94 valence electrons. The van der Waals surface area contributed by atoms with Crippen molar-refractivity contribution >= 4 is 23.2 Å². The summed E-state index contributed by atoms with van der Waals surface area (Å²) in [6.07, 6.45) is 1.58. The average Bonchev–Trinajstić information content (AvgIpc) is 2.79. The quantitative estimate of drug-likeness (QED) is 0.794. The van der Waals surface area contributed by atoms with E-state index in [0.29, 0.717) is 17.3 Å². The van der Waals surface area contributed by atoms with Gasteiger partial charge < -0.3 is 15.6 Å². The van der Waals surface area contributed by atoms with E-state index in [9.17, 15) is 4.79 Å². The van der Waals surface area contributed by atoms with Gasteiger partial charge in [0, 0.05) is 18.4 Å². The molecule has 2 rings (SSSR count). The molecular weight excluding hydrogens is 250 g/mol. The van der Waals surface area contributed by atoms with Gasteiger partial charge in [-0.05, 0) is 24.7 Å². The van der Waals surface area contributed by atoms with Crippen molar-refractivity contribution in [1.82, 2.24) is 10.3 Å². The lowest BCUT2D eigenvalue weighted by Crippen LogP contribution is -2.15. The van der Waals surface area contributed by atoms with Crippen LogP contribution in [0.25, 0.3) is 0 Å². The molecule has 0 aliphatic carbocycles. The first-order valence-corrected chi connectivity index (χ1v) is 5.96. The first-order valence-electron chi connectivity index (χ1n) is 5.58. The second kappa shape index (κ2) is 5.71. The summed E-state index contributed by atoms with van der Waals surface area (Å²) in [4.78, 5) is 14.8. The normalized spacial score (nSPS) is 10.3. The van der Waals surface area contributed by atoms with Crippen LogP contribution in [-0.2, 0) is 6.54 Å². The maximum absolute atomic E-state index is 12.0. The molecule has 0 saturated heterocycles. The van der Waals surface area contributed by atoms with E-state index in [0.717, 1.165) is 11.3 Å². The molecule has 0 radical (unpaired) electrons. The zero-order chi connectivity index (χ0) is 13.0. The zero-order valence-electron chi connectivity index (χ0n) is 9.96. The number of rotatable bonds is 4. The molecule has 3 N–H and O–H groups in total. The number of aromatic amines is 1. The minimum Gasteiger partial charge on any atom is -0.356 e. The summed E-state index contributed by atoms with van der Waals surface area (Å²) in [5.74, 6) is -0.203. The van der Waals surface area contributed by atoms with Gasteiger partial charge in [0.25, 0.3) is 5.91 Å². The number of carbonyl (C=O) groups is 1. The fourth-order valence-corrected chi connectivity index (χ4v) is 1.84. The summed E-state index contributed by atoms with van der Waals surface area (Å²) in [6, 6.07) is 9.25. The SMILES string of the molecule is CNCc1ccccc1NC(=O)c1cc(Cl)c[nH]1. The van der Waals surface area contributed by atoms with E-state index in [1.165, 1.54) is 0 Å². The highest BCUT2D eigenvalue weighted by atomic mass is 35.5. The number of H-pyrrole nitrogens is 1. The Morgan fingerprint density at radius 2 is 2.17 bits per heavy atom. The summed E-state index contributed by atoms with van der Waals surface area (Å²) in [6.45, 7) is 0.696. The van der Waals surface area contributed by atoms with Gasteiger partial charge in [-0.15, -0.1) is 0 Å². The van der Waals surface area contributed by atoms with Gasteiger partial charge >= 0.3 is 0 Å². The molecular formula is C13H14ClN3O. The molecule has 0 saturated carbocycles. The molecule has 0 bridgehead atoms. The molecule has 0 spiro atoms. The Balaban J connectivity index is 2.16. The number of nitrogens with one attached hydrogen (secondary N) is 3. The predicted molar refractivity (Wildman–Crippen MR) is 73.0 cm³/mol. The Kier molecular flexibility index (Phi) is 4.02. The van der Waals surface area contributed by atoms with E-state index < -0.39 is 0 Å². The Hall–Kier alpha value is -1.78. The van der Waals surface area contributed by atoms with E-state index in [4.69, 9.17) is 11.6 Å². The molecule has 1 amide bonds. The molecule has 1 aromatic heterocycles. The van der Waals surface area contributed by atoms with Gasteiger partial charge in [0.2, 0.25) is 0 Å². The Morgan fingerprint density at radius 3 is 2.83 bits per heavy atom. The van der Waals surface area contributed by atoms with Crippen molar-refractivity contribution in [3.63, 3.8) is 0 Å². The number of aromatic nitrogens is 1. The van der Waals surface area contributed by atoms with E-state index >= 15 is 0 Å². The van der Waals surface area contributed by atoms with E-state index in [1.54, 1.807) is 12.3 Å². The third-order valence-electron chi connectivity index (χ3n) is 2.53. The highest BCUT2D eigenvalue weighted by molar-refractivity contribution is 6.31. The maximum atomic E-state index is 12.0. The topological polar surface area (TPSA) is 56.9 Å². The van der Waals surface area contributed by atoms with E-state index in [1.807, 2.05) is 31.3 Å². The molecule has 1 heterocycles. The minimum atomic E-state index is -0.203. The van der Waals surface area contributed by atoms with Crippen molar-refractivity contribution in [2.45, 2.75) is 6.54 Å². The second-order valence-corrected chi connectivity index (χ2v) is 4.31. The Bertz CT molecular complexity index is 551. The fourth-order valence-electron chi connectivity index (χ4n) is 1.68. The number of benzene rings is 1. The van der Waals surface area contributed by atoms with Crippen LogP contribution in [0.3, 0.4) is 0 Å². The monoisotopic (exact) mass is 263 g/mol. The summed E-state index contributed by atoms with van der Waals surface area (Å²) < 4.78 is 0. The first-order chi connectivity index (χ1) is 8.70. The lowest BCUT2D eigenvalue weighted by molar-refractivity contribution is 0.102. The highest BCUT2D eigenvalue weighted by Crippen LogP contribution is 2.17. The maximum Gasteiger partial charge on any atom is 0.272 e. The van der Waals surface area contributed by atoms with Gasteiger partial charge in [-0.2, -0.15) is 0 Å². The standard InChI is InChI=1S/C13H14ClN3O/c1-15-7-9-4-2-3-5-11(9)17-13(18)12-6-10(14)8-16-12/h2-6,8,15-16H,7H2,1H3,(H,17,18). The molecule has 1 aromatic carbocycles. The van der Waals surface area contributed by atoms with Gasteiger partial charge in [-0.25, -0.2) is 0 Å². The molecule has 0 fully saturated rings. The van der Waals surface area contributed by atoms with Crippen molar-refractivity contribution in [2.24, 2.45) is 0 Å². The van der Waals surface area contributed by atoms with Gasteiger partial charge in [-0.3, -0.25) is 4.79 Å².